The molecule has 88 valence electrons. The van der Waals surface area contributed by atoms with Gasteiger partial charge in [-0.25, -0.2) is 4.79 Å². The van der Waals surface area contributed by atoms with Crippen LogP contribution in [0.1, 0.15) is 27.7 Å². The summed E-state index contributed by atoms with van der Waals surface area (Å²) in [4.78, 5) is 15.3. The average Bonchev–Trinajstić information content (AvgIpc) is 2.21. The van der Waals surface area contributed by atoms with Crippen molar-refractivity contribution < 1.29 is 4.79 Å². The maximum atomic E-state index is 11.7. The Morgan fingerprint density at radius 3 is 1.73 bits per heavy atom. The number of nitrogens with one attached hydrogen (secondary N) is 1. The van der Waals surface area contributed by atoms with Gasteiger partial charge in [0.2, 0.25) is 0 Å². The summed E-state index contributed by atoms with van der Waals surface area (Å²) in [5, 5.41) is 3.24. The summed E-state index contributed by atoms with van der Waals surface area (Å²) in [7, 11) is 0. The van der Waals surface area contributed by atoms with Crippen LogP contribution in [0.15, 0.2) is 0 Å². The molecule has 0 aliphatic heterocycles. The topological polar surface area (TPSA) is 35.6 Å². The molecule has 0 aliphatic carbocycles. The van der Waals surface area contributed by atoms with E-state index in [2.05, 4.69) is 5.32 Å². The molecule has 0 atom stereocenters. The zero-order valence-corrected chi connectivity index (χ0v) is 10.9. The van der Waals surface area contributed by atoms with E-state index in [1.807, 2.05) is 32.6 Å². The number of urea groups is 1. The Balaban J connectivity index is 4.21. The fourth-order valence-corrected chi connectivity index (χ4v) is 1.62. The van der Waals surface area contributed by atoms with Crippen LogP contribution in [0.5, 0.6) is 0 Å². The van der Waals surface area contributed by atoms with Gasteiger partial charge in [-0.3, -0.25) is 5.32 Å². The van der Waals surface area contributed by atoms with Gasteiger partial charge in [-0.2, -0.15) is 0 Å². The zero-order valence-electron chi connectivity index (χ0n) is 10.0. The highest BCUT2D eigenvalue weighted by molar-refractivity contribution is 7.80. The van der Waals surface area contributed by atoms with Crippen LogP contribution < -0.4 is 5.32 Å². The van der Waals surface area contributed by atoms with E-state index in [4.69, 9.17) is 12.2 Å². The smallest absolute Gasteiger partial charge is 0.323 e. The summed E-state index contributed by atoms with van der Waals surface area (Å²) in [6, 6.07) is -0.114. The van der Waals surface area contributed by atoms with E-state index in [0.29, 0.717) is 18.2 Å². The van der Waals surface area contributed by atoms with Crippen molar-refractivity contribution >= 4 is 23.4 Å². The first kappa shape index (κ1) is 14.2. The molecule has 0 heterocycles. The predicted octanol–water partition coefficient (Wildman–Crippen LogP) is 1.66. The Bertz CT molecular complexity index is 191. The van der Waals surface area contributed by atoms with Gasteiger partial charge < -0.3 is 9.80 Å². The van der Waals surface area contributed by atoms with E-state index < -0.39 is 0 Å². The standard InChI is InChI=1S/C10H21N3OS/c1-5-12(6-2)9(14)11-10(15)13(7-3)8-4/h5-8H2,1-4H3,(H,11,14,15). The van der Waals surface area contributed by atoms with E-state index in [1.54, 1.807) is 4.90 Å². The summed E-state index contributed by atoms with van der Waals surface area (Å²) in [6.07, 6.45) is 0. The minimum atomic E-state index is -0.114. The Labute approximate surface area is 97.6 Å². The zero-order chi connectivity index (χ0) is 11.8. The largest absolute Gasteiger partial charge is 0.349 e. The first-order valence-electron chi connectivity index (χ1n) is 5.45. The Morgan fingerprint density at radius 1 is 1.00 bits per heavy atom. The van der Waals surface area contributed by atoms with Gasteiger partial charge in [-0.05, 0) is 39.9 Å². The number of nitrogens with zero attached hydrogens (tertiary/aromatic N) is 2. The molecule has 4 nitrogen and oxygen atoms in total. The van der Waals surface area contributed by atoms with Crippen LogP contribution >= 0.6 is 12.2 Å². The van der Waals surface area contributed by atoms with Crippen LogP contribution in [-0.4, -0.2) is 47.1 Å². The molecule has 0 bridgehead atoms. The molecule has 0 unspecified atom stereocenters. The van der Waals surface area contributed by atoms with Crippen LogP contribution in [0.4, 0.5) is 4.79 Å². The first-order valence-corrected chi connectivity index (χ1v) is 5.86. The number of hydrogen-bond donors (Lipinski definition) is 1. The molecular weight excluding hydrogens is 210 g/mol. The van der Waals surface area contributed by atoms with Crippen LogP contribution in [-0.2, 0) is 0 Å². The van der Waals surface area contributed by atoms with Gasteiger partial charge in [0.25, 0.3) is 0 Å². The summed E-state index contributed by atoms with van der Waals surface area (Å²) >= 11 is 5.13. The van der Waals surface area contributed by atoms with Gasteiger partial charge in [0.05, 0.1) is 0 Å². The first-order chi connectivity index (χ1) is 7.10. The molecule has 0 aromatic rings. The number of carbonyl (C=O) groups is 1. The Morgan fingerprint density at radius 2 is 1.40 bits per heavy atom. The summed E-state index contributed by atoms with van der Waals surface area (Å²) in [5.74, 6) is 0. The minimum Gasteiger partial charge on any atom is -0.349 e. The third-order valence-corrected chi connectivity index (χ3v) is 2.68. The van der Waals surface area contributed by atoms with Crippen LogP contribution in [0, 0.1) is 0 Å². The van der Waals surface area contributed by atoms with E-state index in [-0.39, 0.29) is 6.03 Å². The van der Waals surface area contributed by atoms with Crippen molar-refractivity contribution in [3.8, 4) is 0 Å². The Kier molecular flexibility index (Phi) is 7.03. The molecule has 0 aromatic heterocycles. The number of hydrogen-bond acceptors (Lipinski definition) is 2. The predicted molar refractivity (Wildman–Crippen MR) is 67.0 cm³/mol. The lowest BCUT2D eigenvalue weighted by atomic mass is 10.5. The molecule has 0 aromatic carbocycles. The Hall–Kier alpha value is -0.840. The molecule has 0 spiro atoms. The maximum absolute atomic E-state index is 11.7. The van der Waals surface area contributed by atoms with E-state index >= 15 is 0 Å². The second-order valence-corrected chi connectivity index (χ2v) is 3.47. The fraction of sp³-hybridized carbons (Fsp3) is 0.800. The lowest BCUT2D eigenvalue weighted by Crippen LogP contribution is -2.48. The summed E-state index contributed by atoms with van der Waals surface area (Å²) in [6.45, 7) is 10.9. The molecule has 0 radical (unpaired) electrons. The number of carbonyl (C=O) groups excluding carboxylic acids is 1. The van der Waals surface area contributed by atoms with E-state index in [9.17, 15) is 4.79 Å². The quantitative estimate of drug-likeness (QED) is 0.748. The number of rotatable bonds is 4. The number of thiocarbonyl (C=S) groups is 1. The SMILES string of the molecule is CCN(CC)C(=O)NC(=S)N(CC)CC. The third kappa shape index (κ3) is 4.46. The van der Waals surface area contributed by atoms with Crippen molar-refractivity contribution in [1.82, 2.24) is 15.1 Å². The van der Waals surface area contributed by atoms with E-state index in [1.165, 1.54) is 0 Å². The third-order valence-electron chi connectivity index (χ3n) is 2.32. The normalized spacial score (nSPS) is 9.60. The molecule has 5 heteroatoms. The summed E-state index contributed by atoms with van der Waals surface area (Å²) in [5.41, 5.74) is 0. The molecular formula is C10H21N3OS. The van der Waals surface area contributed by atoms with Gasteiger partial charge in [0.1, 0.15) is 0 Å². The van der Waals surface area contributed by atoms with Crippen molar-refractivity contribution in [2.75, 3.05) is 26.2 Å². The molecule has 2 amide bonds. The van der Waals surface area contributed by atoms with Crippen molar-refractivity contribution in [1.29, 1.82) is 0 Å². The molecule has 0 aliphatic rings. The fourth-order valence-electron chi connectivity index (χ4n) is 1.27. The highest BCUT2D eigenvalue weighted by atomic mass is 32.1. The van der Waals surface area contributed by atoms with Gasteiger partial charge >= 0.3 is 6.03 Å². The highest BCUT2D eigenvalue weighted by Gasteiger charge is 2.13. The van der Waals surface area contributed by atoms with Crippen molar-refractivity contribution in [2.24, 2.45) is 0 Å². The van der Waals surface area contributed by atoms with Crippen LogP contribution in [0.2, 0.25) is 0 Å². The van der Waals surface area contributed by atoms with Gasteiger partial charge in [-0.15, -0.1) is 0 Å². The lowest BCUT2D eigenvalue weighted by molar-refractivity contribution is 0.207. The average molecular weight is 231 g/mol. The van der Waals surface area contributed by atoms with Crippen LogP contribution in [0.25, 0.3) is 0 Å². The van der Waals surface area contributed by atoms with Crippen molar-refractivity contribution in [3.63, 3.8) is 0 Å². The minimum absolute atomic E-state index is 0.114. The second kappa shape index (κ2) is 7.45. The monoisotopic (exact) mass is 231 g/mol. The number of amides is 2. The van der Waals surface area contributed by atoms with Crippen molar-refractivity contribution in [3.05, 3.63) is 0 Å². The van der Waals surface area contributed by atoms with Gasteiger partial charge in [-0.1, -0.05) is 0 Å². The van der Waals surface area contributed by atoms with Crippen LogP contribution in [0.3, 0.4) is 0 Å². The molecule has 0 fully saturated rings. The van der Waals surface area contributed by atoms with E-state index in [0.717, 1.165) is 13.1 Å². The maximum Gasteiger partial charge on any atom is 0.323 e. The second-order valence-electron chi connectivity index (χ2n) is 3.08. The molecule has 15 heavy (non-hydrogen) atoms. The highest BCUT2D eigenvalue weighted by Crippen LogP contribution is 1.92. The molecule has 0 saturated heterocycles. The lowest BCUT2D eigenvalue weighted by Gasteiger charge is -2.25. The van der Waals surface area contributed by atoms with Gasteiger partial charge in [0.15, 0.2) is 5.11 Å². The summed E-state index contributed by atoms with van der Waals surface area (Å²) < 4.78 is 0. The molecule has 1 N–H and O–H groups in total. The van der Waals surface area contributed by atoms with Gasteiger partial charge in [0, 0.05) is 26.2 Å². The molecule has 0 rings (SSSR count). The van der Waals surface area contributed by atoms with Crippen molar-refractivity contribution in [2.45, 2.75) is 27.7 Å². The molecule has 0 saturated carbocycles.